The molecule has 17 heavy (non-hydrogen) atoms. The number of primary amides is 1. The topological polar surface area (TPSA) is 72.3 Å². The third-order valence-electron chi connectivity index (χ3n) is 3.64. The van der Waals surface area contributed by atoms with Gasteiger partial charge in [-0.2, -0.15) is 0 Å². The van der Waals surface area contributed by atoms with E-state index in [0.29, 0.717) is 23.1 Å². The lowest BCUT2D eigenvalue weighted by Crippen LogP contribution is -2.22. The number of anilines is 2. The molecule has 0 spiro atoms. The Labute approximate surface area is 102 Å². The second-order valence-electron chi connectivity index (χ2n) is 5.00. The fourth-order valence-corrected chi connectivity index (χ4v) is 2.30. The van der Waals surface area contributed by atoms with Crippen molar-refractivity contribution in [2.75, 3.05) is 23.7 Å². The summed E-state index contributed by atoms with van der Waals surface area (Å²) < 4.78 is 0. The van der Waals surface area contributed by atoms with Gasteiger partial charge in [-0.05, 0) is 30.0 Å². The van der Waals surface area contributed by atoms with Crippen molar-refractivity contribution in [2.45, 2.75) is 13.8 Å². The van der Waals surface area contributed by atoms with Gasteiger partial charge in [0.1, 0.15) is 0 Å². The molecule has 4 nitrogen and oxygen atoms in total. The van der Waals surface area contributed by atoms with E-state index in [1.54, 1.807) is 18.2 Å². The third-order valence-corrected chi connectivity index (χ3v) is 3.64. The minimum atomic E-state index is -0.411. The van der Waals surface area contributed by atoms with E-state index in [9.17, 15) is 4.79 Å². The maximum Gasteiger partial charge on any atom is 0.248 e. The SMILES string of the molecule is CC1CN(c2cc(C(N)=O)ccc2N)CC1C. The van der Waals surface area contributed by atoms with Crippen LogP contribution in [0.3, 0.4) is 0 Å². The molecule has 4 heteroatoms. The van der Waals surface area contributed by atoms with Crippen molar-refractivity contribution >= 4 is 17.3 Å². The van der Waals surface area contributed by atoms with Crippen molar-refractivity contribution in [1.82, 2.24) is 0 Å². The van der Waals surface area contributed by atoms with Crippen LogP contribution < -0.4 is 16.4 Å². The molecule has 1 aromatic carbocycles. The van der Waals surface area contributed by atoms with Gasteiger partial charge in [0, 0.05) is 18.7 Å². The van der Waals surface area contributed by atoms with Crippen molar-refractivity contribution in [3.05, 3.63) is 23.8 Å². The number of nitrogen functional groups attached to an aromatic ring is 1. The molecule has 2 atom stereocenters. The minimum Gasteiger partial charge on any atom is -0.397 e. The average Bonchev–Trinajstić information content (AvgIpc) is 2.59. The second kappa shape index (κ2) is 4.28. The Bertz CT molecular complexity index is 434. The van der Waals surface area contributed by atoms with Crippen LogP contribution in [0, 0.1) is 11.8 Å². The molecule has 0 saturated carbocycles. The monoisotopic (exact) mass is 233 g/mol. The Morgan fingerprint density at radius 3 is 2.41 bits per heavy atom. The van der Waals surface area contributed by atoms with Gasteiger partial charge in [-0.25, -0.2) is 0 Å². The first-order valence-corrected chi connectivity index (χ1v) is 5.93. The first-order chi connectivity index (χ1) is 7.99. The number of carbonyl (C=O) groups excluding carboxylic acids is 1. The first kappa shape index (κ1) is 11.8. The first-order valence-electron chi connectivity index (χ1n) is 5.93. The van der Waals surface area contributed by atoms with Crippen LogP contribution in [0.15, 0.2) is 18.2 Å². The van der Waals surface area contributed by atoms with Gasteiger partial charge in [-0.1, -0.05) is 13.8 Å². The summed E-state index contributed by atoms with van der Waals surface area (Å²) in [5.74, 6) is 0.879. The van der Waals surface area contributed by atoms with Gasteiger partial charge in [0.15, 0.2) is 0 Å². The number of rotatable bonds is 2. The van der Waals surface area contributed by atoms with E-state index in [1.807, 2.05) is 0 Å². The van der Waals surface area contributed by atoms with Crippen LogP contribution >= 0.6 is 0 Å². The average molecular weight is 233 g/mol. The van der Waals surface area contributed by atoms with E-state index in [4.69, 9.17) is 11.5 Å². The van der Waals surface area contributed by atoms with Gasteiger partial charge in [0.05, 0.1) is 11.4 Å². The van der Waals surface area contributed by atoms with Crippen LogP contribution in [0.5, 0.6) is 0 Å². The lowest BCUT2D eigenvalue weighted by Gasteiger charge is -2.21. The zero-order chi connectivity index (χ0) is 12.6. The van der Waals surface area contributed by atoms with Gasteiger partial charge >= 0.3 is 0 Å². The Morgan fingerprint density at radius 2 is 1.88 bits per heavy atom. The molecule has 1 aromatic rings. The maximum atomic E-state index is 11.2. The number of nitrogens with two attached hydrogens (primary N) is 2. The Hall–Kier alpha value is -1.71. The molecule has 2 rings (SSSR count). The second-order valence-corrected chi connectivity index (χ2v) is 5.00. The Balaban J connectivity index is 2.32. The van der Waals surface area contributed by atoms with Gasteiger partial charge in [-0.15, -0.1) is 0 Å². The molecule has 0 aliphatic carbocycles. The van der Waals surface area contributed by atoms with Crippen molar-refractivity contribution in [3.63, 3.8) is 0 Å². The van der Waals surface area contributed by atoms with Crippen LogP contribution in [-0.2, 0) is 0 Å². The molecular formula is C13H19N3O. The highest BCUT2D eigenvalue weighted by Gasteiger charge is 2.27. The fourth-order valence-electron chi connectivity index (χ4n) is 2.30. The van der Waals surface area contributed by atoms with Gasteiger partial charge in [-0.3, -0.25) is 4.79 Å². The molecule has 0 aromatic heterocycles. The number of hydrogen-bond donors (Lipinski definition) is 2. The Kier molecular flexibility index (Phi) is 2.96. The normalized spacial score (nSPS) is 24.0. The third kappa shape index (κ3) is 2.20. The van der Waals surface area contributed by atoms with Gasteiger partial charge < -0.3 is 16.4 Å². The number of carbonyl (C=O) groups is 1. The molecule has 1 aliphatic rings. The summed E-state index contributed by atoms with van der Waals surface area (Å²) in [7, 11) is 0. The molecular weight excluding hydrogens is 214 g/mol. The summed E-state index contributed by atoms with van der Waals surface area (Å²) in [4.78, 5) is 13.4. The molecule has 1 heterocycles. The van der Waals surface area contributed by atoms with E-state index >= 15 is 0 Å². The largest absolute Gasteiger partial charge is 0.397 e. The van der Waals surface area contributed by atoms with E-state index in [2.05, 4.69) is 18.7 Å². The molecule has 92 valence electrons. The highest BCUT2D eigenvalue weighted by Crippen LogP contribution is 2.32. The molecule has 1 saturated heterocycles. The summed E-state index contributed by atoms with van der Waals surface area (Å²) in [6, 6.07) is 5.22. The van der Waals surface area contributed by atoms with Crippen LogP contribution in [0.4, 0.5) is 11.4 Å². The molecule has 0 bridgehead atoms. The molecule has 1 aliphatic heterocycles. The predicted molar refractivity (Wildman–Crippen MR) is 69.9 cm³/mol. The number of amides is 1. The van der Waals surface area contributed by atoms with E-state index in [0.717, 1.165) is 18.8 Å². The highest BCUT2D eigenvalue weighted by atomic mass is 16.1. The fraction of sp³-hybridized carbons (Fsp3) is 0.462. The van der Waals surface area contributed by atoms with Gasteiger partial charge in [0.25, 0.3) is 0 Å². The van der Waals surface area contributed by atoms with Crippen LogP contribution in [0.2, 0.25) is 0 Å². The van der Waals surface area contributed by atoms with E-state index < -0.39 is 5.91 Å². The van der Waals surface area contributed by atoms with Gasteiger partial charge in [0.2, 0.25) is 5.91 Å². The standard InChI is InChI=1S/C13H19N3O/c1-8-6-16(7-9(8)2)12-5-10(13(15)17)3-4-11(12)14/h3-5,8-9H,6-7,14H2,1-2H3,(H2,15,17). The summed E-state index contributed by atoms with van der Waals surface area (Å²) in [6.45, 7) is 6.43. The summed E-state index contributed by atoms with van der Waals surface area (Å²) in [6.07, 6.45) is 0. The molecule has 1 amide bonds. The lowest BCUT2D eigenvalue weighted by molar-refractivity contribution is 0.100. The molecule has 1 fully saturated rings. The minimum absolute atomic E-state index is 0.411. The predicted octanol–water partition coefficient (Wildman–Crippen LogP) is 1.46. The Morgan fingerprint density at radius 1 is 1.29 bits per heavy atom. The van der Waals surface area contributed by atoms with Crippen LogP contribution in [-0.4, -0.2) is 19.0 Å². The number of hydrogen-bond acceptors (Lipinski definition) is 3. The smallest absolute Gasteiger partial charge is 0.248 e. The zero-order valence-electron chi connectivity index (χ0n) is 10.3. The van der Waals surface area contributed by atoms with Crippen LogP contribution in [0.25, 0.3) is 0 Å². The van der Waals surface area contributed by atoms with E-state index in [-0.39, 0.29) is 0 Å². The number of benzene rings is 1. The molecule has 2 unspecified atom stereocenters. The zero-order valence-corrected chi connectivity index (χ0v) is 10.3. The van der Waals surface area contributed by atoms with Crippen molar-refractivity contribution < 1.29 is 4.79 Å². The summed E-state index contributed by atoms with van der Waals surface area (Å²) in [5, 5.41) is 0. The number of nitrogens with zero attached hydrogens (tertiary/aromatic N) is 1. The summed E-state index contributed by atoms with van der Waals surface area (Å²) in [5.41, 5.74) is 13.4. The lowest BCUT2D eigenvalue weighted by atomic mass is 10.0. The van der Waals surface area contributed by atoms with Crippen molar-refractivity contribution in [3.8, 4) is 0 Å². The molecule has 4 N–H and O–H groups in total. The highest BCUT2D eigenvalue weighted by molar-refractivity contribution is 5.95. The quantitative estimate of drug-likeness (QED) is 0.760. The van der Waals surface area contributed by atoms with E-state index in [1.165, 1.54) is 0 Å². The molecule has 0 radical (unpaired) electrons. The van der Waals surface area contributed by atoms with Crippen molar-refractivity contribution in [1.29, 1.82) is 0 Å². The summed E-state index contributed by atoms with van der Waals surface area (Å²) >= 11 is 0. The van der Waals surface area contributed by atoms with Crippen molar-refractivity contribution in [2.24, 2.45) is 17.6 Å². The van der Waals surface area contributed by atoms with Crippen LogP contribution in [0.1, 0.15) is 24.2 Å². The maximum absolute atomic E-state index is 11.2.